The van der Waals surface area contributed by atoms with Gasteiger partial charge in [-0.3, -0.25) is 0 Å². The monoisotopic (exact) mass is 282 g/mol. The zero-order valence-corrected chi connectivity index (χ0v) is 13.4. The van der Waals surface area contributed by atoms with E-state index in [0.29, 0.717) is 5.38 Å². The predicted molar refractivity (Wildman–Crippen MR) is 83.6 cm³/mol. The zero-order valence-electron chi connectivity index (χ0n) is 12.6. The first kappa shape index (κ1) is 14.2. The van der Waals surface area contributed by atoms with Crippen LogP contribution in [-0.2, 0) is 0 Å². The van der Waals surface area contributed by atoms with Gasteiger partial charge in [-0.2, -0.15) is 0 Å². The van der Waals surface area contributed by atoms with Crippen LogP contribution in [0, 0.1) is 29.6 Å². The van der Waals surface area contributed by atoms with Gasteiger partial charge in [0.25, 0.3) is 0 Å². The van der Waals surface area contributed by atoms with E-state index >= 15 is 0 Å². The van der Waals surface area contributed by atoms with Crippen molar-refractivity contribution >= 4 is 11.6 Å². The van der Waals surface area contributed by atoms with Crippen molar-refractivity contribution in [1.82, 2.24) is 0 Å². The maximum absolute atomic E-state index is 6.39. The van der Waals surface area contributed by atoms with Crippen LogP contribution in [0.2, 0.25) is 0 Å². The lowest BCUT2D eigenvalue weighted by atomic mass is 9.56. The molecule has 19 heavy (non-hydrogen) atoms. The highest BCUT2D eigenvalue weighted by Crippen LogP contribution is 2.53. The van der Waals surface area contributed by atoms with Gasteiger partial charge in [0, 0.05) is 5.38 Å². The molecule has 3 fully saturated rings. The maximum atomic E-state index is 6.39. The third-order valence-electron chi connectivity index (χ3n) is 6.55. The molecule has 0 radical (unpaired) electrons. The Morgan fingerprint density at radius 2 is 1.53 bits per heavy atom. The van der Waals surface area contributed by atoms with Gasteiger partial charge in [-0.05, 0) is 74.5 Å². The Bertz CT molecular complexity index is 287. The number of rotatable bonds is 3. The largest absolute Gasteiger partial charge is 0.123 e. The van der Waals surface area contributed by atoms with Crippen LogP contribution in [0.4, 0.5) is 0 Å². The average Bonchev–Trinajstić information content (AvgIpc) is 2.44. The van der Waals surface area contributed by atoms with E-state index in [-0.39, 0.29) is 0 Å². The molecule has 0 heterocycles. The van der Waals surface area contributed by atoms with Crippen molar-refractivity contribution in [2.75, 3.05) is 0 Å². The van der Waals surface area contributed by atoms with E-state index in [4.69, 9.17) is 11.6 Å². The normalized spacial score (nSPS) is 46.4. The van der Waals surface area contributed by atoms with Gasteiger partial charge in [0.1, 0.15) is 0 Å². The molecule has 0 bridgehead atoms. The number of hydrogen-bond donors (Lipinski definition) is 0. The first-order valence-corrected chi connectivity index (χ1v) is 9.35. The van der Waals surface area contributed by atoms with Crippen molar-refractivity contribution in [1.29, 1.82) is 0 Å². The summed E-state index contributed by atoms with van der Waals surface area (Å²) in [7, 11) is 0. The predicted octanol–water partition coefficient (Wildman–Crippen LogP) is 6.03. The Morgan fingerprint density at radius 1 is 0.842 bits per heavy atom. The van der Waals surface area contributed by atoms with E-state index in [0.717, 1.165) is 29.6 Å². The second-order valence-corrected chi connectivity index (χ2v) is 8.27. The first-order chi connectivity index (χ1) is 9.28. The van der Waals surface area contributed by atoms with Crippen LogP contribution in [-0.4, -0.2) is 5.38 Å². The molecule has 1 heteroatoms. The highest BCUT2D eigenvalue weighted by Gasteiger charge is 2.43. The molecule has 0 amide bonds. The summed E-state index contributed by atoms with van der Waals surface area (Å²) in [6.45, 7) is 2.33. The first-order valence-electron chi connectivity index (χ1n) is 8.92. The van der Waals surface area contributed by atoms with Gasteiger partial charge in [0.15, 0.2) is 0 Å². The van der Waals surface area contributed by atoms with Crippen LogP contribution in [0.25, 0.3) is 0 Å². The Hall–Kier alpha value is 0.290. The molecule has 6 atom stereocenters. The van der Waals surface area contributed by atoms with Crippen molar-refractivity contribution in [3.63, 3.8) is 0 Å². The summed E-state index contributed by atoms with van der Waals surface area (Å²) in [5.41, 5.74) is 0. The van der Waals surface area contributed by atoms with Gasteiger partial charge in [0.2, 0.25) is 0 Å². The number of hydrogen-bond acceptors (Lipinski definition) is 0. The van der Waals surface area contributed by atoms with Gasteiger partial charge >= 0.3 is 0 Å². The van der Waals surface area contributed by atoms with E-state index in [1.807, 2.05) is 0 Å². The van der Waals surface area contributed by atoms with Crippen molar-refractivity contribution in [3.05, 3.63) is 0 Å². The minimum absolute atomic E-state index is 0.499. The zero-order chi connectivity index (χ0) is 13.2. The molecule has 0 aliphatic heterocycles. The fraction of sp³-hybridized carbons (Fsp3) is 1.00. The molecule has 3 aliphatic rings. The molecule has 3 saturated carbocycles. The summed E-state index contributed by atoms with van der Waals surface area (Å²) < 4.78 is 0. The number of alkyl halides is 1. The number of unbranched alkanes of at least 4 members (excludes halogenated alkanes) is 1. The van der Waals surface area contributed by atoms with Gasteiger partial charge in [0.05, 0.1) is 0 Å². The maximum Gasteiger partial charge on any atom is 0.0338 e. The molecule has 0 aromatic rings. The molecule has 0 aromatic heterocycles. The van der Waals surface area contributed by atoms with Gasteiger partial charge in [-0.15, -0.1) is 11.6 Å². The second-order valence-electron chi connectivity index (χ2n) is 7.66. The highest BCUT2D eigenvalue weighted by atomic mass is 35.5. The number of halogens is 1. The fourth-order valence-corrected chi connectivity index (χ4v) is 5.94. The summed E-state index contributed by atoms with van der Waals surface area (Å²) in [6.07, 6.45) is 16.1. The molecule has 0 saturated heterocycles. The van der Waals surface area contributed by atoms with Crippen molar-refractivity contribution in [2.45, 2.75) is 82.9 Å². The topological polar surface area (TPSA) is 0 Å². The number of fused-ring (bicyclic) bond motifs is 3. The molecule has 3 rings (SSSR count). The van der Waals surface area contributed by atoms with Crippen LogP contribution in [0.1, 0.15) is 77.6 Å². The summed E-state index contributed by atoms with van der Waals surface area (Å²) >= 11 is 6.39. The SMILES string of the molecule is CCCC[C@H]1CCC2C(CCC3C[C@@H](Cl)CCC32)C1. The second kappa shape index (κ2) is 6.37. The molecule has 110 valence electrons. The van der Waals surface area contributed by atoms with Crippen LogP contribution < -0.4 is 0 Å². The Kier molecular flexibility index (Phi) is 4.78. The third kappa shape index (κ3) is 3.14. The molecule has 4 unspecified atom stereocenters. The van der Waals surface area contributed by atoms with Crippen LogP contribution in [0.15, 0.2) is 0 Å². The summed E-state index contributed by atoms with van der Waals surface area (Å²) in [6, 6.07) is 0. The van der Waals surface area contributed by atoms with Gasteiger partial charge in [-0.25, -0.2) is 0 Å². The van der Waals surface area contributed by atoms with Crippen molar-refractivity contribution in [3.8, 4) is 0 Å². The smallest absolute Gasteiger partial charge is 0.0338 e. The molecule has 0 N–H and O–H groups in total. The van der Waals surface area contributed by atoms with E-state index in [2.05, 4.69) is 6.92 Å². The molecule has 3 aliphatic carbocycles. The molecule has 0 aromatic carbocycles. The summed E-state index contributed by atoms with van der Waals surface area (Å²) in [5.74, 6) is 5.29. The van der Waals surface area contributed by atoms with E-state index in [1.54, 1.807) is 12.8 Å². The standard InChI is InChI=1S/C18H31Cl/c1-2-3-4-13-5-9-17-14(11-13)6-7-15-12-16(19)8-10-18(15)17/h13-18H,2-12H2,1H3/t13-,14?,15?,16-,17?,18?/m0/s1. The molecule has 0 nitrogen and oxygen atoms in total. The Labute approximate surface area is 124 Å². The molecular weight excluding hydrogens is 252 g/mol. The molecular formula is C18H31Cl. The van der Waals surface area contributed by atoms with E-state index < -0.39 is 0 Å². The third-order valence-corrected chi connectivity index (χ3v) is 6.95. The fourth-order valence-electron chi connectivity index (χ4n) is 5.59. The van der Waals surface area contributed by atoms with Crippen LogP contribution >= 0.6 is 11.6 Å². The van der Waals surface area contributed by atoms with E-state index in [9.17, 15) is 0 Å². The van der Waals surface area contributed by atoms with Crippen molar-refractivity contribution in [2.24, 2.45) is 29.6 Å². The van der Waals surface area contributed by atoms with Crippen LogP contribution in [0.3, 0.4) is 0 Å². The van der Waals surface area contributed by atoms with E-state index in [1.165, 1.54) is 57.8 Å². The minimum atomic E-state index is 0.499. The summed E-state index contributed by atoms with van der Waals surface area (Å²) in [5, 5.41) is 0.499. The Morgan fingerprint density at radius 3 is 2.26 bits per heavy atom. The lowest BCUT2D eigenvalue weighted by Crippen LogP contribution is -2.41. The summed E-state index contributed by atoms with van der Waals surface area (Å²) in [4.78, 5) is 0. The van der Waals surface area contributed by atoms with Gasteiger partial charge < -0.3 is 0 Å². The van der Waals surface area contributed by atoms with Gasteiger partial charge in [-0.1, -0.05) is 32.6 Å². The van der Waals surface area contributed by atoms with Crippen molar-refractivity contribution < 1.29 is 0 Å². The quantitative estimate of drug-likeness (QED) is 0.555. The average molecular weight is 283 g/mol. The Balaban J connectivity index is 1.58. The molecule has 0 spiro atoms. The highest BCUT2D eigenvalue weighted by molar-refractivity contribution is 6.20. The minimum Gasteiger partial charge on any atom is -0.123 e. The lowest BCUT2D eigenvalue weighted by Gasteiger charge is -2.50. The lowest BCUT2D eigenvalue weighted by molar-refractivity contribution is 0.0111. The van der Waals surface area contributed by atoms with Crippen LogP contribution in [0.5, 0.6) is 0 Å².